The lowest BCUT2D eigenvalue weighted by atomic mass is 10.0. The van der Waals surface area contributed by atoms with Gasteiger partial charge in [-0.1, -0.05) is 19.8 Å². The zero-order valence-electron chi connectivity index (χ0n) is 9.58. The van der Waals surface area contributed by atoms with E-state index in [-0.39, 0.29) is 18.0 Å². The Morgan fingerprint density at radius 1 is 1.21 bits per heavy atom. The molecule has 0 amide bonds. The number of rotatable bonds is 2. The SMILES string of the molecule is CCC[C@H]1CCC2(C1)O[C@H](C)[C@@H](C)O2. The molecule has 1 saturated carbocycles. The van der Waals surface area contributed by atoms with Gasteiger partial charge in [0, 0.05) is 12.8 Å². The van der Waals surface area contributed by atoms with E-state index in [4.69, 9.17) is 9.47 Å². The third kappa shape index (κ3) is 1.82. The van der Waals surface area contributed by atoms with Crippen molar-refractivity contribution in [2.75, 3.05) is 0 Å². The van der Waals surface area contributed by atoms with E-state index in [2.05, 4.69) is 20.8 Å². The van der Waals surface area contributed by atoms with E-state index >= 15 is 0 Å². The van der Waals surface area contributed by atoms with Gasteiger partial charge in [-0.05, 0) is 26.2 Å². The number of hydrogen-bond acceptors (Lipinski definition) is 2. The first-order chi connectivity index (χ1) is 6.65. The quantitative estimate of drug-likeness (QED) is 0.678. The summed E-state index contributed by atoms with van der Waals surface area (Å²) in [7, 11) is 0. The Labute approximate surface area is 87.0 Å². The normalized spacial score (nSPS) is 40.9. The van der Waals surface area contributed by atoms with Gasteiger partial charge in [-0.25, -0.2) is 0 Å². The van der Waals surface area contributed by atoms with Gasteiger partial charge in [-0.3, -0.25) is 0 Å². The third-order valence-corrected chi connectivity index (χ3v) is 3.69. The van der Waals surface area contributed by atoms with Crippen molar-refractivity contribution in [2.24, 2.45) is 5.92 Å². The van der Waals surface area contributed by atoms with E-state index < -0.39 is 0 Å². The molecule has 2 rings (SSSR count). The highest BCUT2D eigenvalue weighted by Gasteiger charge is 2.48. The lowest BCUT2D eigenvalue weighted by Gasteiger charge is -2.22. The predicted molar refractivity (Wildman–Crippen MR) is 56.1 cm³/mol. The van der Waals surface area contributed by atoms with Crippen LogP contribution in [0.2, 0.25) is 0 Å². The first kappa shape index (κ1) is 10.4. The molecule has 0 aromatic rings. The van der Waals surface area contributed by atoms with Crippen LogP contribution in [-0.4, -0.2) is 18.0 Å². The Hall–Kier alpha value is -0.0800. The lowest BCUT2D eigenvalue weighted by molar-refractivity contribution is -0.169. The Kier molecular flexibility index (Phi) is 2.85. The van der Waals surface area contributed by atoms with Gasteiger partial charge in [0.1, 0.15) is 0 Å². The Morgan fingerprint density at radius 3 is 2.43 bits per heavy atom. The molecule has 1 spiro atoms. The molecule has 1 saturated heterocycles. The van der Waals surface area contributed by atoms with Gasteiger partial charge >= 0.3 is 0 Å². The van der Waals surface area contributed by atoms with Crippen molar-refractivity contribution in [3.05, 3.63) is 0 Å². The first-order valence-corrected chi connectivity index (χ1v) is 6.01. The molecule has 2 nitrogen and oxygen atoms in total. The summed E-state index contributed by atoms with van der Waals surface area (Å²) in [6.45, 7) is 6.49. The van der Waals surface area contributed by atoms with Crippen LogP contribution in [-0.2, 0) is 9.47 Å². The van der Waals surface area contributed by atoms with Gasteiger partial charge in [0.15, 0.2) is 5.79 Å². The second-order valence-corrected chi connectivity index (χ2v) is 4.95. The van der Waals surface area contributed by atoms with Crippen LogP contribution in [0.3, 0.4) is 0 Å². The minimum Gasteiger partial charge on any atom is -0.344 e. The standard InChI is InChI=1S/C12H22O2/c1-4-5-11-6-7-12(8-11)13-9(2)10(3)14-12/h9-11H,4-8H2,1-3H3/t9-,10-,11+/m1/s1. The molecule has 82 valence electrons. The summed E-state index contributed by atoms with van der Waals surface area (Å²) in [5.74, 6) is 0.635. The molecule has 2 aliphatic rings. The summed E-state index contributed by atoms with van der Waals surface area (Å²) in [4.78, 5) is 0. The van der Waals surface area contributed by atoms with Gasteiger partial charge < -0.3 is 9.47 Å². The van der Waals surface area contributed by atoms with E-state index in [0.29, 0.717) is 0 Å². The highest BCUT2D eigenvalue weighted by atomic mass is 16.8. The maximum atomic E-state index is 5.98. The molecule has 0 aromatic heterocycles. The van der Waals surface area contributed by atoms with Crippen molar-refractivity contribution < 1.29 is 9.47 Å². The molecular weight excluding hydrogens is 176 g/mol. The molecular formula is C12H22O2. The van der Waals surface area contributed by atoms with Crippen LogP contribution in [0.1, 0.15) is 52.9 Å². The minimum absolute atomic E-state index is 0.196. The van der Waals surface area contributed by atoms with E-state index in [0.717, 1.165) is 18.8 Å². The van der Waals surface area contributed by atoms with Crippen molar-refractivity contribution in [3.8, 4) is 0 Å². The highest BCUT2D eigenvalue weighted by molar-refractivity contribution is 4.89. The van der Waals surface area contributed by atoms with Crippen molar-refractivity contribution in [2.45, 2.75) is 70.9 Å². The number of ether oxygens (including phenoxy) is 2. The van der Waals surface area contributed by atoms with Crippen LogP contribution < -0.4 is 0 Å². The molecule has 3 atom stereocenters. The highest BCUT2D eigenvalue weighted by Crippen LogP contribution is 2.45. The maximum absolute atomic E-state index is 5.98. The molecule has 2 heteroatoms. The topological polar surface area (TPSA) is 18.5 Å². The van der Waals surface area contributed by atoms with Gasteiger partial charge in [0.25, 0.3) is 0 Å². The number of hydrogen-bond donors (Lipinski definition) is 0. The summed E-state index contributed by atoms with van der Waals surface area (Å²) in [5.41, 5.74) is 0. The lowest BCUT2D eigenvalue weighted by Crippen LogP contribution is -2.27. The van der Waals surface area contributed by atoms with Crippen LogP contribution in [0.4, 0.5) is 0 Å². The van der Waals surface area contributed by atoms with Crippen LogP contribution in [0.15, 0.2) is 0 Å². The van der Waals surface area contributed by atoms with Crippen LogP contribution >= 0.6 is 0 Å². The molecule has 0 radical (unpaired) electrons. The second kappa shape index (κ2) is 3.82. The third-order valence-electron chi connectivity index (χ3n) is 3.69. The van der Waals surface area contributed by atoms with E-state index in [1.807, 2.05) is 0 Å². The summed E-state index contributed by atoms with van der Waals surface area (Å²) >= 11 is 0. The van der Waals surface area contributed by atoms with Crippen molar-refractivity contribution in [3.63, 3.8) is 0 Å². The fourth-order valence-corrected chi connectivity index (χ4v) is 2.83. The van der Waals surface area contributed by atoms with E-state index in [9.17, 15) is 0 Å². The van der Waals surface area contributed by atoms with Crippen LogP contribution in [0, 0.1) is 5.92 Å². The second-order valence-electron chi connectivity index (χ2n) is 4.95. The fourth-order valence-electron chi connectivity index (χ4n) is 2.83. The van der Waals surface area contributed by atoms with Gasteiger partial charge in [-0.15, -0.1) is 0 Å². The zero-order valence-corrected chi connectivity index (χ0v) is 9.58. The van der Waals surface area contributed by atoms with Gasteiger partial charge in [0.2, 0.25) is 0 Å². The maximum Gasteiger partial charge on any atom is 0.169 e. The molecule has 0 unspecified atom stereocenters. The van der Waals surface area contributed by atoms with Crippen LogP contribution in [0.5, 0.6) is 0 Å². The fraction of sp³-hybridized carbons (Fsp3) is 1.00. The minimum atomic E-state index is -0.196. The zero-order chi connectivity index (χ0) is 10.2. The summed E-state index contributed by atoms with van der Waals surface area (Å²) in [6.07, 6.45) is 6.67. The molecule has 2 fully saturated rings. The van der Waals surface area contributed by atoms with Gasteiger partial charge in [0.05, 0.1) is 12.2 Å². The van der Waals surface area contributed by atoms with E-state index in [1.54, 1.807) is 0 Å². The molecule has 1 aliphatic carbocycles. The van der Waals surface area contributed by atoms with E-state index in [1.165, 1.54) is 19.3 Å². The molecule has 1 aliphatic heterocycles. The predicted octanol–water partition coefficient (Wildman–Crippen LogP) is 3.11. The Bertz CT molecular complexity index is 192. The average molecular weight is 198 g/mol. The molecule has 1 heterocycles. The smallest absolute Gasteiger partial charge is 0.169 e. The Morgan fingerprint density at radius 2 is 1.86 bits per heavy atom. The first-order valence-electron chi connectivity index (χ1n) is 6.01. The van der Waals surface area contributed by atoms with Crippen molar-refractivity contribution in [1.29, 1.82) is 0 Å². The summed E-state index contributed by atoms with van der Waals surface area (Å²) in [5, 5.41) is 0. The Balaban J connectivity index is 1.94. The summed E-state index contributed by atoms with van der Waals surface area (Å²) in [6, 6.07) is 0. The monoisotopic (exact) mass is 198 g/mol. The largest absolute Gasteiger partial charge is 0.344 e. The average Bonchev–Trinajstić information content (AvgIpc) is 2.60. The van der Waals surface area contributed by atoms with Gasteiger partial charge in [-0.2, -0.15) is 0 Å². The van der Waals surface area contributed by atoms with Crippen LogP contribution in [0.25, 0.3) is 0 Å². The molecule has 0 N–H and O–H groups in total. The summed E-state index contributed by atoms with van der Waals surface area (Å²) < 4.78 is 12.0. The molecule has 14 heavy (non-hydrogen) atoms. The van der Waals surface area contributed by atoms with Crippen molar-refractivity contribution in [1.82, 2.24) is 0 Å². The van der Waals surface area contributed by atoms with Crippen molar-refractivity contribution >= 4 is 0 Å². The molecule has 0 bridgehead atoms. The molecule has 0 aromatic carbocycles.